The molecule has 6 heteroatoms. The second kappa shape index (κ2) is 4.90. The summed E-state index contributed by atoms with van der Waals surface area (Å²) in [6.07, 6.45) is 0. The number of hydrogen-bond acceptors (Lipinski definition) is 5. The molecule has 1 aromatic carbocycles. The first-order chi connectivity index (χ1) is 7.69. The van der Waals surface area contributed by atoms with E-state index in [0.29, 0.717) is 17.3 Å². The molecular weight excluding hydrogens is 245 g/mol. The predicted molar refractivity (Wildman–Crippen MR) is 63.1 cm³/mol. The Labute approximate surface area is 101 Å². The van der Waals surface area contributed by atoms with Crippen molar-refractivity contribution in [3.63, 3.8) is 0 Å². The summed E-state index contributed by atoms with van der Waals surface area (Å²) in [5.41, 5.74) is 6.22. The highest BCUT2D eigenvalue weighted by atomic mass is 32.2. The molecule has 0 aliphatic carbocycles. The SMILES string of the molecule is Cc1nsc(Sc2ccc(CN)cc2F)n1. The quantitative estimate of drug-likeness (QED) is 0.916. The van der Waals surface area contributed by atoms with Gasteiger partial charge in [-0.05, 0) is 36.2 Å². The summed E-state index contributed by atoms with van der Waals surface area (Å²) < 4.78 is 18.4. The van der Waals surface area contributed by atoms with Crippen molar-refractivity contribution in [2.24, 2.45) is 5.73 Å². The number of hydrogen-bond donors (Lipinski definition) is 1. The minimum atomic E-state index is -0.263. The number of nitrogens with zero attached hydrogens (tertiary/aromatic N) is 2. The van der Waals surface area contributed by atoms with E-state index in [9.17, 15) is 4.39 Å². The topological polar surface area (TPSA) is 51.8 Å². The monoisotopic (exact) mass is 255 g/mol. The highest BCUT2D eigenvalue weighted by molar-refractivity contribution is 8.01. The van der Waals surface area contributed by atoms with Crippen molar-refractivity contribution in [2.75, 3.05) is 0 Å². The van der Waals surface area contributed by atoms with Gasteiger partial charge in [-0.3, -0.25) is 0 Å². The Morgan fingerprint density at radius 2 is 2.31 bits per heavy atom. The molecule has 0 bridgehead atoms. The Bertz CT molecular complexity index is 499. The molecule has 0 amide bonds. The van der Waals surface area contributed by atoms with E-state index in [1.807, 2.05) is 13.0 Å². The van der Waals surface area contributed by atoms with Crippen LogP contribution in [0.2, 0.25) is 0 Å². The van der Waals surface area contributed by atoms with Gasteiger partial charge >= 0.3 is 0 Å². The van der Waals surface area contributed by atoms with Gasteiger partial charge < -0.3 is 5.73 Å². The van der Waals surface area contributed by atoms with Crippen LogP contribution in [0.1, 0.15) is 11.4 Å². The maximum absolute atomic E-state index is 13.6. The third-order valence-electron chi connectivity index (χ3n) is 1.94. The summed E-state index contributed by atoms with van der Waals surface area (Å²) in [5, 5.41) is 0. The molecular formula is C10H10FN3S2. The summed E-state index contributed by atoms with van der Waals surface area (Å²) in [4.78, 5) is 4.72. The maximum atomic E-state index is 13.6. The highest BCUT2D eigenvalue weighted by Crippen LogP contribution is 2.31. The Morgan fingerprint density at radius 3 is 2.88 bits per heavy atom. The number of halogens is 1. The van der Waals surface area contributed by atoms with Crippen molar-refractivity contribution >= 4 is 23.3 Å². The van der Waals surface area contributed by atoms with Crippen molar-refractivity contribution in [1.82, 2.24) is 9.36 Å². The van der Waals surface area contributed by atoms with Crippen LogP contribution in [-0.4, -0.2) is 9.36 Å². The van der Waals surface area contributed by atoms with Crippen molar-refractivity contribution in [3.05, 3.63) is 35.4 Å². The van der Waals surface area contributed by atoms with Crippen LogP contribution in [0.5, 0.6) is 0 Å². The van der Waals surface area contributed by atoms with Crippen LogP contribution in [0.4, 0.5) is 4.39 Å². The molecule has 84 valence electrons. The molecule has 0 aliphatic heterocycles. The van der Waals surface area contributed by atoms with Gasteiger partial charge in [0.1, 0.15) is 11.6 Å². The van der Waals surface area contributed by atoms with E-state index in [2.05, 4.69) is 9.36 Å². The standard InChI is InChI=1S/C10H10FN3S2/c1-6-13-10(16-14-6)15-9-3-2-7(5-12)4-8(9)11/h2-4H,5,12H2,1H3. The van der Waals surface area contributed by atoms with Gasteiger partial charge in [0.2, 0.25) is 0 Å². The molecule has 0 fully saturated rings. The lowest BCUT2D eigenvalue weighted by Crippen LogP contribution is -1.96. The van der Waals surface area contributed by atoms with Crippen LogP contribution in [0.3, 0.4) is 0 Å². The summed E-state index contributed by atoms with van der Waals surface area (Å²) >= 11 is 2.56. The smallest absolute Gasteiger partial charge is 0.174 e. The summed E-state index contributed by atoms with van der Waals surface area (Å²) in [6, 6.07) is 4.99. The minimum Gasteiger partial charge on any atom is -0.326 e. The average Bonchev–Trinajstić information content (AvgIpc) is 2.67. The minimum absolute atomic E-state index is 0.263. The Morgan fingerprint density at radius 1 is 1.50 bits per heavy atom. The Balaban J connectivity index is 2.21. The van der Waals surface area contributed by atoms with Gasteiger partial charge in [-0.1, -0.05) is 17.8 Å². The molecule has 16 heavy (non-hydrogen) atoms. The van der Waals surface area contributed by atoms with E-state index in [1.165, 1.54) is 29.4 Å². The van der Waals surface area contributed by atoms with Crippen LogP contribution < -0.4 is 5.73 Å². The molecule has 0 atom stereocenters. The van der Waals surface area contributed by atoms with Gasteiger partial charge in [0.15, 0.2) is 4.34 Å². The van der Waals surface area contributed by atoms with Gasteiger partial charge in [0.25, 0.3) is 0 Å². The van der Waals surface area contributed by atoms with Crippen LogP contribution in [0.25, 0.3) is 0 Å². The fraction of sp³-hybridized carbons (Fsp3) is 0.200. The third-order valence-corrected chi connectivity index (χ3v) is 3.83. The zero-order valence-electron chi connectivity index (χ0n) is 8.61. The van der Waals surface area contributed by atoms with Gasteiger partial charge in [-0.25, -0.2) is 9.37 Å². The zero-order valence-corrected chi connectivity index (χ0v) is 10.2. The number of aromatic nitrogens is 2. The first-order valence-electron chi connectivity index (χ1n) is 4.65. The van der Waals surface area contributed by atoms with Crippen LogP contribution in [-0.2, 0) is 6.54 Å². The number of rotatable bonds is 3. The Kier molecular flexibility index (Phi) is 3.52. The van der Waals surface area contributed by atoms with Gasteiger partial charge in [0.05, 0.1) is 4.90 Å². The molecule has 0 unspecified atom stereocenters. The van der Waals surface area contributed by atoms with Crippen molar-refractivity contribution < 1.29 is 4.39 Å². The molecule has 2 N–H and O–H groups in total. The number of nitrogens with two attached hydrogens (primary N) is 1. The van der Waals surface area contributed by atoms with E-state index in [4.69, 9.17) is 5.73 Å². The average molecular weight is 255 g/mol. The fourth-order valence-electron chi connectivity index (χ4n) is 1.17. The Hall–Kier alpha value is -0.980. The second-order valence-corrected chi connectivity index (χ2v) is 5.22. The summed E-state index contributed by atoms with van der Waals surface area (Å²) in [5.74, 6) is 0.451. The first-order valence-corrected chi connectivity index (χ1v) is 6.24. The lowest BCUT2D eigenvalue weighted by molar-refractivity contribution is 0.599. The summed E-state index contributed by atoms with van der Waals surface area (Å²) in [6.45, 7) is 2.16. The van der Waals surface area contributed by atoms with E-state index in [0.717, 1.165) is 9.90 Å². The molecule has 0 spiro atoms. The fourth-order valence-corrected chi connectivity index (χ4v) is 2.78. The lowest BCUT2D eigenvalue weighted by Gasteiger charge is -2.02. The van der Waals surface area contributed by atoms with Crippen molar-refractivity contribution in [2.45, 2.75) is 22.7 Å². The lowest BCUT2D eigenvalue weighted by atomic mass is 10.2. The van der Waals surface area contributed by atoms with Crippen molar-refractivity contribution in [3.8, 4) is 0 Å². The number of aryl methyl sites for hydroxylation is 1. The summed E-state index contributed by atoms with van der Waals surface area (Å²) in [7, 11) is 0. The predicted octanol–water partition coefficient (Wildman–Crippen LogP) is 2.60. The van der Waals surface area contributed by atoms with Gasteiger partial charge in [-0.15, -0.1) is 0 Å². The maximum Gasteiger partial charge on any atom is 0.174 e. The second-order valence-electron chi connectivity index (χ2n) is 3.18. The molecule has 2 aromatic rings. The van der Waals surface area contributed by atoms with Gasteiger partial charge in [0, 0.05) is 6.54 Å². The van der Waals surface area contributed by atoms with Crippen LogP contribution in [0.15, 0.2) is 27.4 Å². The van der Waals surface area contributed by atoms with E-state index in [1.54, 1.807) is 6.07 Å². The van der Waals surface area contributed by atoms with Crippen LogP contribution in [0, 0.1) is 12.7 Å². The van der Waals surface area contributed by atoms with Gasteiger partial charge in [-0.2, -0.15) is 4.37 Å². The van der Waals surface area contributed by atoms with Crippen molar-refractivity contribution in [1.29, 1.82) is 0 Å². The zero-order chi connectivity index (χ0) is 11.5. The normalized spacial score (nSPS) is 10.7. The first kappa shape index (κ1) is 11.5. The van der Waals surface area contributed by atoms with Crippen LogP contribution >= 0.6 is 23.3 Å². The molecule has 0 saturated carbocycles. The molecule has 3 nitrogen and oxygen atoms in total. The molecule has 0 radical (unpaired) electrons. The molecule has 0 aliphatic rings. The third kappa shape index (κ3) is 2.58. The largest absolute Gasteiger partial charge is 0.326 e. The molecule has 0 saturated heterocycles. The molecule has 2 rings (SSSR count). The number of benzene rings is 1. The highest BCUT2D eigenvalue weighted by Gasteiger charge is 2.08. The van der Waals surface area contributed by atoms with E-state index in [-0.39, 0.29) is 5.82 Å². The molecule has 1 aromatic heterocycles. The van der Waals surface area contributed by atoms with E-state index < -0.39 is 0 Å². The van der Waals surface area contributed by atoms with E-state index >= 15 is 0 Å². The molecule has 1 heterocycles.